The number of halogens is 1. The average molecular weight is 258 g/mol. The summed E-state index contributed by atoms with van der Waals surface area (Å²) < 4.78 is 30.4. The van der Waals surface area contributed by atoms with Crippen LogP contribution in [0.1, 0.15) is 26.7 Å². The summed E-state index contributed by atoms with van der Waals surface area (Å²) in [5.41, 5.74) is 0. The minimum atomic E-state index is -3.18. The molecule has 0 atom stereocenters. The van der Waals surface area contributed by atoms with Gasteiger partial charge in [-0.2, -0.15) is 0 Å². The highest BCUT2D eigenvalue weighted by Gasteiger charge is 2.09. The number of hydrogen-bond acceptors (Lipinski definition) is 3. The van der Waals surface area contributed by atoms with E-state index in [0.717, 1.165) is 12.8 Å². The highest BCUT2D eigenvalue weighted by molar-refractivity contribution is 7.89. The van der Waals surface area contributed by atoms with Crippen LogP contribution in [0.25, 0.3) is 0 Å². The third-order valence-electron chi connectivity index (χ3n) is 1.69. The minimum Gasteiger partial charge on any atom is -0.378 e. The van der Waals surface area contributed by atoms with Crippen LogP contribution in [0, 0.1) is 0 Å². The van der Waals surface area contributed by atoms with E-state index in [1.165, 1.54) is 0 Å². The zero-order chi connectivity index (χ0) is 11.7. The van der Waals surface area contributed by atoms with Crippen molar-refractivity contribution in [2.45, 2.75) is 32.8 Å². The second-order valence-corrected chi connectivity index (χ2v) is 5.83. The fraction of sp³-hybridized carbons (Fsp3) is 1.00. The molecule has 0 saturated carbocycles. The van der Waals surface area contributed by atoms with E-state index in [1.807, 2.05) is 13.8 Å². The predicted molar refractivity (Wildman–Crippen MR) is 62.8 cm³/mol. The molecule has 0 bridgehead atoms. The molecule has 0 saturated heterocycles. The first kappa shape index (κ1) is 15.2. The molecule has 1 N–H and O–H groups in total. The molecule has 92 valence electrons. The van der Waals surface area contributed by atoms with Gasteiger partial charge >= 0.3 is 0 Å². The van der Waals surface area contributed by atoms with Gasteiger partial charge in [-0.3, -0.25) is 0 Å². The topological polar surface area (TPSA) is 55.4 Å². The summed E-state index contributed by atoms with van der Waals surface area (Å²) in [5, 5.41) is 0. The lowest BCUT2D eigenvalue weighted by Crippen LogP contribution is -2.29. The molecule has 0 aromatic carbocycles. The van der Waals surface area contributed by atoms with Gasteiger partial charge in [-0.15, -0.1) is 11.6 Å². The lowest BCUT2D eigenvalue weighted by Gasteiger charge is -2.08. The van der Waals surface area contributed by atoms with Crippen molar-refractivity contribution in [3.63, 3.8) is 0 Å². The maximum absolute atomic E-state index is 11.4. The van der Waals surface area contributed by atoms with Crippen LogP contribution in [0.15, 0.2) is 0 Å². The Kier molecular flexibility index (Phi) is 8.42. The van der Waals surface area contributed by atoms with Gasteiger partial charge in [0.1, 0.15) is 0 Å². The van der Waals surface area contributed by atoms with E-state index in [1.54, 1.807) is 0 Å². The number of nitrogens with one attached hydrogen (secondary N) is 1. The number of ether oxygens (including phenoxy) is 1. The quantitative estimate of drug-likeness (QED) is 0.501. The standard InChI is InChI=1S/C9H20ClNO3S/c1-9(2)14-7-8-15(12,13)11-6-4-3-5-10/h9,11H,3-8H2,1-2H3. The number of hydrogen-bond donors (Lipinski definition) is 1. The van der Waals surface area contributed by atoms with Gasteiger partial charge in [0.15, 0.2) is 0 Å². The Bertz CT molecular complexity index is 242. The van der Waals surface area contributed by atoms with Crippen molar-refractivity contribution in [3.8, 4) is 0 Å². The normalized spacial score (nSPS) is 12.3. The molecule has 0 aliphatic rings. The van der Waals surface area contributed by atoms with E-state index in [0.29, 0.717) is 12.4 Å². The fourth-order valence-electron chi connectivity index (χ4n) is 0.913. The van der Waals surface area contributed by atoms with Crippen LogP contribution in [0.5, 0.6) is 0 Å². The molecular formula is C9H20ClNO3S. The summed E-state index contributed by atoms with van der Waals surface area (Å²) in [6.45, 7) is 4.44. The molecule has 0 amide bonds. The Balaban J connectivity index is 3.59. The van der Waals surface area contributed by atoms with Gasteiger partial charge in [-0.25, -0.2) is 13.1 Å². The predicted octanol–water partition coefficient (Wildman–Crippen LogP) is 1.35. The van der Waals surface area contributed by atoms with Crippen LogP contribution in [-0.4, -0.2) is 39.3 Å². The summed E-state index contributed by atoms with van der Waals surface area (Å²) in [6.07, 6.45) is 1.66. The van der Waals surface area contributed by atoms with Crippen LogP contribution >= 0.6 is 11.6 Å². The summed E-state index contributed by atoms with van der Waals surface area (Å²) in [6, 6.07) is 0. The molecular weight excluding hydrogens is 238 g/mol. The van der Waals surface area contributed by atoms with Gasteiger partial charge in [0.25, 0.3) is 0 Å². The largest absolute Gasteiger partial charge is 0.378 e. The van der Waals surface area contributed by atoms with E-state index in [9.17, 15) is 8.42 Å². The summed E-state index contributed by atoms with van der Waals surface area (Å²) in [7, 11) is -3.18. The zero-order valence-corrected chi connectivity index (χ0v) is 10.9. The Hall–Kier alpha value is 0.160. The molecule has 0 aliphatic heterocycles. The van der Waals surface area contributed by atoms with E-state index in [4.69, 9.17) is 16.3 Å². The summed E-state index contributed by atoms with van der Waals surface area (Å²) in [4.78, 5) is 0. The van der Waals surface area contributed by atoms with Gasteiger partial charge in [-0.05, 0) is 26.7 Å². The molecule has 0 unspecified atom stereocenters. The lowest BCUT2D eigenvalue weighted by atomic mass is 10.3. The van der Waals surface area contributed by atoms with E-state index in [-0.39, 0.29) is 18.5 Å². The third kappa shape index (κ3) is 10.4. The summed E-state index contributed by atoms with van der Waals surface area (Å²) >= 11 is 5.47. The first-order valence-electron chi connectivity index (χ1n) is 5.13. The molecule has 0 aromatic heterocycles. The Morgan fingerprint density at radius 1 is 1.33 bits per heavy atom. The van der Waals surface area contributed by atoms with Crippen LogP contribution < -0.4 is 4.72 Å². The lowest BCUT2D eigenvalue weighted by molar-refractivity contribution is 0.0911. The van der Waals surface area contributed by atoms with Crippen molar-refractivity contribution in [2.24, 2.45) is 0 Å². The van der Waals surface area contributed by atoms with Gasteiger partial charge in [0, 0.05) is 12.4 Å². The number of alkyl halides is 1. The molecule has 0 fully saturated rings. The van der Waals surface area contributed by atoms with E-state index < -0.39 is 10.0 Å². The molecule has 4 nitrogen and oxygen atoms in total. The second kappa shape index (κ2) is 8.33. The maximum Gasteiger partial charge on any atom is 0.213 e. The van der Waals surface area contributed by atoms with E-state index >= 15 is 0 Å². The Morgan fingerprint density at radius 3 is 2.53 bits per heavy atom. The first-order chi connectivity index (χ1) is 6.98. The van der Waals surface area contributed by atoms with Crippen molar-refractivity contribution < 1.29 is 13.2 Å². The highest BCUT2D eigenvalue weighted by atomic mass is 35.5. The van der Waals surface area contributed by atoms with Crippen molar-refractivity contribution in [1.82, 2.24) is 4.72 Å². The van der Waals surface area contributed by atoms with Crippen molar-refractivity contribution in [3.05, 3.63) is 0 Å². The Morgan fingerprint density at radius 2 is 2.00 bits per heavy atom. The van der Waals surface area contributed by atoms with Crippen LogP contribution in [-0.2, 0) is 14.8 Å². The molecule has 0 spiro atoms. The maximum atomic E-state index is 11.4. The minimum absolute atomic E-state index is 0.0199. The van der Waals surface area contributed by atoms with Crippen molar-refractivity contribution in [2.75, 3.05) is 24.8 Å². The van der Waals surface area contributed by atoms with Gasteiger partial charge < -0.3 is 4.74 Å². The van der Waals surface area contributed by atoms with Gasteiger partial charge in [0.05, 0.1) is 18.5 Å². The molecule has 0 aromatic rings. The summed E-state index contributed by atoms with van der Waals surface area (Å²) in [5.74, 6) is 0.588. The molecule has 0 rings (SSSR count). The number of sulfonamides is 1. The monoisotopic (exact) mass is 257 g/mol. The van der Waals surface area contributed by atoms with Crippen molar-refractivity contribution >= 4 is 21.6 Å². The number of unbranched alkanes of at least 4 members (excludes halogenated alkanes) is 1. The zero-order valence-electron chi connectivity index (χ0n) is 9.33. The second-order valence-electron chi connectivity index (χ2n) is 3.53. The Labute approximate surface area is 97.4 Å². The van der Waals surface area contributed by atoms with Gasteiger partial charge in [-0.1, -0.05) is 0 Å². The van der Waals surface area contributed by atoms with Crippen molar-refractivity contribution in [1.29, 1.82) is 0 Å². The average Bonchev–Trinajstić information content (AvgIpc) is 2.11. The van der Waals surface area contributed by atoms with Crippen LogP contribution in [0.2, 0.25) is 0 Å². The molecule has 15 heavy (non-hydrogen) atoms. The number of rotatable bonds is 9. The van der Waals surface area contributed by atoms with Crippen LogP contribution in [0.4, 0.5) is 0 Å². The SMILES string of the molecule is CC(C)OCCS(=O)(=O)NCCCCCl. The molecule has 0 radical (unpaired) electrons. The van der Waals surface area contributed by atoms with Crippen LogP contribution in [0.3, 0.4) is 0 Å². The molecule has 0 heterocycles. The molecule has 6 heteroatoms. The van der Waals surface area contributed by atoms with E-state index in [2.05, 4.69) is 4.72 Å². The molecule has 0 aliphatic carbocycles. The third-order valence-corrected chi connectivity index (χ3v) is 3.30. The fourth-order valence-corrected chi connectivity index (χ4v) is 2.02. The smallest absolute Gasteiger partial charge is 0.213 e. The first-order valence-corrected chi connectivity index (χ1v) is 7.31. The highest BCUT2D eigenvalue weighted by Crippen LogP contribution is 1.93. The van der Waals surface area contributed by atoms with Gasteiger partial charge in [0.2, 0.25) is 10.0 Å².